The van der Waals surface area contributed by atoms with Gasteiger partial charge in [-0.1, -0.05) is 53.4 Å². The summed E-state index contributed by atoms with van der Waals surface area (Å²) in [5.41, 5.74) is 1.12. The fraction of sp³-hybridized carbons (Fsp3) is 0.588. The van der Waals surface area contributed by atoms with Crippen LogP contribution in [0.2, 0.25) is 0 Å². The number of nitrogens with zero attached hydrogens (tertiary/aromatic N) is 1. The molecule has 1 aliphatic heterocycles. The van der Waals surface area contributed by atoms with Gasteiger partial charge in [0, 0.05) is 4.47 Å². The molecule has 0 aliphatic carbocycles. The smallest absolute Gasteiger partial charge is 0.234 e. The largest absolute Gasteiger partial charge is 0.348 e. The lowest BCUT2D eigenvalue weighted by atomic mass is 10.1. The normalized spacial score (nSPS) is 18.6. The highest BCUT2D eigenvalue weighted by Crippen LogP contribution is 2.22. The average molecular weight is 353 g/mol. The Kier molecular flexibility index (Phi) is 6.71. The summed E-state index contributed by atoms with van der Waals surface area (Å²) in [7, 11) is 0. The van der Waals surface area contributed by atoms with E-state index in [0.717, 1.165) is 23.1 Å². The van der Waals surface area contributed by atoms with Crippen LogP contribution in [-0.2, 0) is 4.79 Å². The molecule has 1 N–H and O–H groups in total. The summed E-state index contributed by atoms with van der Waals surface area (Å²) >= 11 is 3.54. The molecule has 0 saturated carbocycles. The predicted octanol–water partition coefficient (Wildman–Crippen LogP) is 3.89. The van der Waals surface area contributed by atoms with Gasteiger partial charge < -0.3 is 5.32 Å². The Morgan fingerprint density at radius 2 is 1.81 bits per heavy atom. The molecular weight excluding hydrogens is 328 g/mol. The van der Waals surface area contributed by atoms with Gasteiger partial charge in [0.2, 0.25) is 5.91 Å². The molecule has 1 aromatic rings. The standard InChI is InChI=1S/C17H25BrN2O/c1-14(15-9-5-6-10-16(15)18)19-17(21)13-20-11-7-3-2-4-8-12-20/h5-6,9-10,14H,2-4,7-8,11-13H2,1H3,(H,19,21)/t14-/m0/s1. The van der Waals surface area contributed by atoms with Gasteiger partial charge in [0.05, 0.1) is 12.6 Å². The number of carbonyl (C=O) groups is 1. The molecule has 0 radical (unpaired) electrons. The maximum absolute atomic E-state index is 12.2. The Balaban J connectivity index is 1.84. The van der Waals surface area contributed by atoms with Gasteiger partial charge >= 0.3 is 0 Å². The summed E-state index contributed by atoms with van der Waals surface area (Å²) in [6.45, 7) is 4.66. The maximum Gasteiger partial charge on any atom is 0.234 e. The Hall–Kier alpha value is -0.870. The van der Waals surface area contributed by atoms with E-state index in [0.29, 0.717) is 6.54 Å². The van der Waals surface area contributed by atoms with Crippen molar-refractivity contribution in [2.75, 3.05) is 19.6 Å². The van der Waals surface area contributed by atoms with Gasteiger partial charge in [0.1, 0.15) is 0 Å². The summed E-state index contributed by atoms with van der Waals surface area (Å²) < 4.78 is 1.05. The number of hydrogen-bond acceptors (Lipinski definition) is 2. The van der Waals surface area contributed by atoms with Crippen LogP contribution in [0.4, 0.5) is 0 Å². The number of carbonyl (C=O) groups excluding carboxylic acids is 1. The van der Waals surface area contributed by atoms with Crippen molar-refractivity contribution >= 4 is 21.8 Å². The molecule has 0 spiro atoms. The highest BCUT2D eigenvalue weighted by atomic mass is 79.9. The quantitative estimate of drug-likeness (QED) is 0.891. The van der Waals surface area contributed by atoms with E-state index in [-0.39, 0.29) is 11.9 Å². The molecule has 1 aliphatic rings. The molecule has 2 rings (SSSR count). The maximum atomic E-state index is 12.2. The molecular formula is C17H25BrN2O. The third kappa shape index (κ3) is 5.44. The second-order valence-corrected chi connectivity index (χ2v) is 6.71. The molecule has 1 amide bonds. The van der Waals surface area contributed by atoms with Crippen LogP contribution in [-0.4, -0.2) is 30.4 Å². The van der Waals surface area contributed by atoms with Crippen LogP contribution in [0.1, 0.15) is 50.6 Å². The SMILES string of the molecule is C[C@H](NC(=O)CN1CCCCCCC1)c1ccccc1Br. The second-order valence-electron chi connectivity index (χ2n) is 5.85. The number of amides is 1. The van der Waals surface area contributed by atoms with Crippen molar-refractivity contribution in [3.05, 3.63) is 34.3 Å². The summed E-state index contributed by atoms with van der Waals surface area (Å²) in [5, 5.41) is 3.11. The van der Waals surface area contributed by atoms with Crippen LogP contribution >= 0.6 is 15.9 Å². The van der Waals surface area contributed by atoms with E-state index in [1.54, 1.807) is 0 Å². The van der Waals surface area contributed by atoms with Crippen molar-refractivity contribution in [2.45, 2.75) is 45.1 Å². The van der Waals surface area contributed by atoms with Crippen molar-refractivity contribution in [1.82, 2.24) is 10.2 Å². The first-order chi connectivity index (χ1) is 10.2. The number of nitrogens with one attached hydrogen (secondary N) is 1. The number of likely N-dealkylation sites (tertiary alicyclic amines) is 1. The lowest BCUT2D eigenvalue weighted by molar-refractivity contribution is -0.123. The molecule has 1 saturated heterocycles. The molecule has 0 aromatic heterocycles. The van der Waals surface area contributed by atoms with Crippen molar-refractivity contribution < 1.29 is 4.79 Å². The summed E-state index contributed by atoms with van der Waals surface area (Å²) in [4.78, 5) is 14.5. The lowest BCUT2D eigenvalue weighted by Crippen LogP contribution is -2.39. The van der Waals surface area contributed by atoms with Gasteiger partial charge in [-0.15, -0.1) is 0 Å². The van der Waals surface area contributed by atoms with Crippen LogP contribution in [0.3, 0.4) is 0 Å². The van der Waals surface area contributed by atoms with E-state index in [1.165, 1.54) is 32.1 Å². The zero-order valence-electron chi connectivity index (χ0n) is 12.8. The highest BCUT2D eigenvalue weighted by Gasteiger charge is 2.15. The van der Waals surface area contributed by atoms with Gasteiger partial charge in [-0.2, -0.15) is 0 Å². The van der Waals surface area contributed by atoms with E-state index in [1.807, 2.05) is 31.2 Å². The summed E-state index contributed by atoms with van der Waals surface area (Å²) in [6.07, 6.45) is 6.37. The Morgan fingerprint density at radius 3 is 2.48 bits per heavy atom. The first kappa shape index (κ1) is 16.5. The van der Waals surface area contributed by atoms with Gasteiger partial charge in [-0.3, -0.25) is 9.69 Å². The molecule has 1 atom stereocenters. The summed E-state index contributed by atoms with van der Waals surface area (Å²) in [5.74, 6) is 0.124. The van der Waals surface area contributed by atoms with Crippen LogP contribution in [0.5, 0.6) is 0 Å². The molecule has 0 bridgehead atoms. The van der Waals surface area contributed by atoms with Crippen molar-refractivity contribution in [3.63, 3.8) is 0 Å². The molecule has 4 heteroatoms. The Morgan fingerprint density at radius 1 is 1.19 bits per heavy atom. The van der Waals surface area contributed by atoms with Crippen LogP contribution in [0.15, 0.2) is 28.7 Å². The van der Waals surface area contributed by atoms with E-state index < -0.39 is 0 Å². The zero-order valence-corrected chi connectivity index (χ0v) is 14.4. The monoisotopic (exact) mass is 352 g/mol. The van der Waals surface area contributed by atoms with Crippen molar-refractivity contribution in [2.24, 2.45) is 0 Å². The third-order valence-corrected chi connectivity index (χ3v) is 4.79. The molecule has 3 nitrogen and oxygen atoms in total. The van der Waals surface area contributed by atoms with Gasteiger partial charge in [0.15, 0.2) is 0 Å². The van der Waals surface area contributed by atoms with Gasteiger partial charge in [-0.25, -0.2) is 0 Å². The molecule has 116 valence electrons. The number of hydrogen-bond donors (Lipinski definition) is 1. The highest BCUT2D eigenvalue weighted by molar-refractivity contribution is 9.10. The zero-order chi connectivity index (χ0) is 15.1. The van der Waals surface area contributed by atoms with Crippen LogP contribution in [0, 0.1) is 0 Å². The molecule has 1 aromatic carbocycles. The number of benzene rings is 1. The number of rotatable bonds is 4. The van der Waals surface area contributed by atoms with Crippen LogP contribution in [0.25, 0.3) is 0 Å². The molecule has 1 heterocycles. The van der Waals surface area contributed by atoms with Gasteiger partial charge in [-0.05, 0) is 44.5 Å². The van der Waals surface area contributed by atoms with E-state index >= 15 is 0 Å². The van der Waals surface area contributed by atoms with E-state index in [2.05, 4.69) is 26.1 Å². The number of halogens is 1. The molecule has 21 heavy (non-hydrogen) atoms. The minimum atomic E-state index is 0.0304. The first-order valence-corrected chi connectivity index (χ1v) is 8.72. The van der Waals surface area contributed by atoms with Crippen molar-refractivity contribution in [1.29, 1.82) is 0 Å². The Labute approximate surface area is 136 Å². The predicted molar refractivity (Wildman–Crippen MR) is 90.2 cm³/mol. The van der Waals surface area contributed by atoms with E-state index in [9.17, 15) is 4.79 Å². The van der Waals surface area contributed by atoms with Crippen molar-refractivity contribution in [3.8, 4) is 0 Å². The average Bonchev–Trinajstić information content (AvgIpc) is 2.42. The topological polar surface area (TPSA) is 32.3 Å². The van der Waals surface area contributed by atoms with Gasteiger partial charge in [0.25, 0.3) is 0 Å². The third-order valence-electron chi connectivity index (χ3n) is 4.07. The minimum Gasteiger partial charge on any atom is -0.348 e. The van der Waals surface area contributed by atoms with E-state index in [4.69, 9.17) is 0 Å². The fourth-order valence-corrected chi connectivity index (χ4v) is 3.49. The first-order valence-electron chi connectivity index (χ1n) is 7.93. The Bertz CT molecular complexity index is 456. The lowest BCUT2D eigenvalue weighted by Gasteiger charge is -2.25. The molecule has 0 unspecified atom stereocenters. The summed E-state index contributed by atoms with van der Waals surface area (Å²) in [6, 6.07) is 8.08. The van der Waals surface area contributed by atoms with Crippen LogP contribution < -0.4 is 5.32 Å². The molecule has 1 fully saturated rings. The fourth-order valence-electron chi connectivity index (χ4n) is 2.87. The second kappa shape index (κ2) is 8.54. The minimum absolute atomic E-state index is 0.0304.